The van der Waals surface area contributed by atoms with E-state index in [4.69, 9.17) is 11.0 Å². The molecule has 0 amide bonds. The molecule has 1 rings (SSSR count). The highest BCUT2D eigenvalue weighted by Gasteiger charge is 2.05. The van der Waals surface area contributed by atoms with Gasteiger partial charge in [-0.25, -0.2) is 4.98 Å². The molecule has 2 N–H and O–H groups in total. The lowest BCUT2D eigenvalue weighted by Gasteiger charge is -2.07. The molecule has 0 saturated carbocycles. The van der Waals surface area contributed by atoms with Gasteiger partial charge < -0.3 is 10.3 Å². The monoisotopic (exact) mass is 178 g/mol. The van der Waals surface area contributed by atoms with Gasteiger partial charge in [0.1, 0.15) is 11.9 Å². The standard InChI is InChI=1S/C9H14N4/c1-2-3-9-12-4-5-13(9)7-8(11)6-10/h4-5,8H,2-3,7,11H2,1H3. The smallest absolute Gasteiger partial charge is 0.111 e. The molecule has 0 aromatic carbocycles. The van der Waals surface area contributed by atoms with E-state index in [-0.39, 0.29) is 0 Å². The molecular weight excluding hydrogens is 164 g/mol. The van der Waals surface area contributed by atoms with Gasteiger partial charge in [0.15, 0.2) is 0 Å². The second-order valence-corrected chi connectivity index (χ2v) is 2.98. The van der Waals surface area contributed by atoms with E-state index in [9.17, 15) is 0 Å². The molecule has 4 heteroatoms. The highest BCUT2D eigenvalue weighted by molar-refractivity contribution is 4.96. The van der Waals surface area contributed by atoms with Crippen molar-refractivity contribution in [2.45, 2.75) is 32.4 Å². The second kappa shape index (κ2) is 4.63. The van der Waals surface area contributed by atoms with Gasteiger partial charge in [0.2, 0.25) is 0 Å². The average Bonchev–Trinajstić information content (AvgIpc) is 2.54. The molecule has 4 nitrogen and oxygen atoms in total. The SMILES string of the molecule is CCCc1nccn1CC(N)C#N. The van der Waals surface area contributed by atoms with Crippen LogP contribution in [0.2, 0.25) is 0 Å². The fraction of sp³-hybridized carbons (Fsp3) is 0.556. The first kappa shape index (κ1) is 9.75. The lowest BCUT2D eigenvalue weighted by Crippen LogP contribution is -2.24. The van der Waals surface area contributed by atoms with Crippen molar-refractivity contribution in [2.24, 2.45) is 5.73 Å². The van der Waals surface area contributed by atoms with Crippen LogP contribution in [-0.2, 0) is 13.0 Å². The van der Waals surface area contributed by atoms with E-state index in [0.717, 1.165) is 18.7 Å². The van der Waals surface area contributed by atoms with Crippen molar-refractivity contribution in [2.75, 3.05) is 0 Å². The molecule has 1 unspecified atom stereocenters. The molecule has 0 aliphatic rings. The molecule has 0 fully saturated rings. The highest BCUT2D eigenvalue weighted by atomic mass is 15.1. The van der Waals surface area contributed by atoms with Crippen LogP contribution in [0.25, 0.3) is 0 Å². The van der Waals surface area contributed by atoms with Crippen LogP contribution < -0.4 is 5.73 Å². The van der Waals surface area contributed by atoms with Crippen LogP contribution in [0.5, 0.6) is 0 Å². The van der Waals surface area contributed by atoms with Gasteiger partial charge in [0, 0.05) is 18.8 Å². The lowest BCUT2D eigenvalue weighted by molar-refractivity contribution is 0.601. The van der Waals surface area contributed by atoms with Gasteiger partial charge >= 0.3 is 0 Å². The number of rotatable bonds is 4. The first-order chi connectivity index (χ1) is 6.27. The molecule has 0 bridgehead atoms. The quantitative estimate of drug-likeness (QED) is 0.737. The predicted octanol–water partition coefficient (Wildman–Crippen LogP) is 0.686. The summed E-state index contributed by atoms with van der Waals surface area (Å²) in [7, 11) is 0. The van der Waals surface area contributed by atoms with Gasteiger partial charge in [-0.2, -0.15) is 5.26 Å². The Balaban J connectivity index is 2.66. The predicted molar refractivity (Wildman–Crippen MR) is 49.8 cm³/mol. The Morgan fingerprint density at radius 3 is 3.15 bits per heavy atom. The first-order valence-corrected chi connectivity index (χ1v) is 4.43. The van der Waals surface area contributed by atoms with Crippen LogP contribution in [0.3, 0.4) is 0 Å². The number of nitriles is 1. The Labute approximate surface area is 78.0 Å². The maximum Gasteiger partial charge on any atom is 0.111 e. The molecule has 0 saturated heterocycles. The van der Waals surface area contributed by atoms with E-state index in [1.807, 2.05) is 16.8 Å². The summed E-state index contributed by atoms with van der Waals surface area (Å²) >= 11 is 0. The first-order valence-electron chi connectivity index (χ1n) is 4.43. The minimum atomic E-state index is -0.440. The molecule has 0 radical (unpaired) electrons. The second-order valence-electron chi connectivity index (χ2n) is 2.98. The maximum absolute atomic E-state index is 8.55. The molecule has 1 aromatic heterocycles. The average molecular weight is 178 g/mol. The Morgan fingerprint density at radius 2 is 2.54 bits per heavy atom. The van der Waals surface area contributed by atoms with Crippen molar-refractivity contribution in [3.8, 4) is 6.07 Å². The van der Waals surface area contributed by atoms with Crippen molar-refractivity contribution in [1.29, 1.82) is 5.26 Å². The van der Waals surface area contributed by atoms with E-state index >= 15 is 0 Å². The summed E-state index contributed by atoms with van der Waals surface area (Å²) in [5.74, 6) is 1.01. The summed E-state index contributed by atoms with van der Waals surface area (Å²) in [5, 5.41) is 8.55. The van der Waals surface area contributed by atoms with E-state index in [0.29, 0.717) is 6.54 Å². The van der Waals surface area contributed by atoms with Crippen molar-refractivity contribution < 1.29 is 0 Å². The van der Waals surface area contributed by atoms with Gasteiger partial charge in [-0.05, 0) is 6.42 Å². The van der Waals surface area contributed by atoms with E-state index < -0.39 is 6.04 Å². The highest BCUT2D eigenvalue weighted by Crippen LogP contribution is 2.01. The molecule has 70 valence electrons. The molecule has 1 atom stereocenters. The molecule has 0 aliphatic carbocycles. The summed E-state index contributed by atoms with van der Waals surface area (Å²) in [6, 6.07) is 1.56. The van der Waals surface area contributed by atoms with Crippen LogP contribution in [0.1, 0.15) is 19.2 Å². The van der Waals surface area contributed by atoms with Gasteiger partial charge in [-0.15, -0.1) is 0 Å². The normalized spacial score (nSPS) is 12.4. The summed E-state index contributed by atoms with van der Waals surface area (Å²) in [5.41, 5.74) is 5.52. The zero-order valence-corrected chi connectivity index (χ0v) is 7.77. The molecule has 0 spiro atoms. The fourth-order valence-corrected chi connectivity index (χ4v) is 1.21. The Hall–Kier alpha value is -1.34. The van der Waals surface area contributed by atoms with Crippen LogP contribution in [0.15, 0.2) is 12.4 Å². The number of hydrogen-bond donors (Lipinski definition) is 1. The van der Waals surface area contributed by atoms with Gasteiger partial charge in [0.25, 0.3) is 0 Å². The third-order valence-corrected chi connectivity index (χ3v) is 1.83. The number of nitrogens with zero attached hydrogens (tertiary/aromatic N) is 3. The van der Waals surface area contributed by atoms with E-state index in [1.165, 1.54) is 0 Å². The van der Waals surface area contributed by atoms with Gasteiger partial charge in [-0.3, -0.25) is 0 Å². The molecule has 13 heavy (non-hydrogen) atoms. The number of nitrogens with two attached hydrogens (primary N) is 1. The number of imidazole rings is 1. The minimum Gasteiger partial charge on any atom is -0.332 e. The summed E-state index contributed by atoms with van der Waals surface area (Å²) in [6.07, 6.45) is 5.60. The minimum absolute atomic E-state index is 0.440. The molecule has 0 aliphatic heterocycles. The van der Waals surface area contributed by atoms with Crippen LogP contribution in [0, 0.1) is 11.3 Å². The Kier molecular flexibility index (Phi) is 3.47. The van der Waals surface area contributed by atoms with Gasteiger partial charge in [-0.1, -0.05) is 6.92 Å². The van der Waals surface area contributed by atoms with Crippen molar-refractivity contribution in [3.05, 3.63) is 18.2 Å². The summed E-state index contributed by atoms with van der Waals surface area (Å²) in [6.45, 7) is 2.63. The Morgan fingerprint density at radius 1 is 1.77 bits per heavy atom. The van der Waals surface area contributed by atoms with Crippen LogP contribution in [-0.4, -0.2) is 15.6 Å². The van der Waals surface area contributed by atoms with Gasteiger partial charge in [0.05, 0.1) is 12.6 Å². The number of aromatic nitrogens is 2. The zero-order chi connectivity index (χ0) is 9.68. The van der Waals surface area contributed by atoms with E-state index in [1.54, 1.807) is 6.20 Å². The Bertz CT molecular complexity index is 297. The molecule has 1 aromatic rings. The van der Waals surface area contributed by atoms with Crippen LogP contribution >= 0.6 is 0 Å². The largest absolute Gasteiger partial charge is 0.332 e. The molecular formula is C9H14N4. The van der Waals surface area contributed by atoms with Crippen molar-refractivity contribution in [3.63, 3.8) is 0 Å². The summed E-state index contributed by atoms with van der Waals surface area (Å²) < 4.78 is 1.94. The number of hydrogen-bond acceptors (Lipinski definition) is 3. The topological polar surface area (TPSA) is 67.6 Å². The zero-order valence-electron chi connectivity index (χ0n) is 7.77. The fourth-order valence-electron chi connectivity index (χ4n) is 1.21. The van der Waals surface area contributed by atoms with Crippen LogP contribution in [0.4, 0.5) is 0 Å². The molecule has 1 heterocycles. The van der Waals surface area contributed by atoms with E-state index in [2.05, 4.69) is 11.9 Å². The van der Waals surface area contributed by atoms with Crippen molar-refractivity contribution >= 4 is 0 Å². The maximum atomic E-state index is 8.55. The third kappa shape index (κ3) is 2.56. The summed E-state index contributed by atoms with van der Waals surface area (Å²) in [4.78, 5) is 4.19. The lowest BCUT2D eigenvalue weighted by atomic mass is 10.3. The van der Waals surface area contributed by atoms with Crippen molar-refractivity contribution in [1.82, 2.24) is 9.55 Å². The number of aryl methyl sites for hydroxylation is 1. The third-order valence-electron chi connectivity index (χ3n) is 1.83.